The van der Waals surface area contributed by atoms with E-state index >= 15 is 0 Å². The van der Waals surface area contributed by atoms with Crippen LogP contribution in [0, 0.1) is 5.41 Å². The van der Waals surface area contributed by atoms with Gasteiger partial charge in [-0.05, 0) is 42.5 Å². The van der Waals surface area contributed by atoms with Crippen molar-refractivity contribution < 1.29 is 14.4 Å². The van der Waals surface area contributed by atoms with Crippen molar-refractivity contribution in [1.29, 1.82) is 0 Å². The molecule has 3 amide bonds. The fraction of sp³-hybridized carbons (Fsp3) is 0.200. The van der Waals surface area contributed by atoms with Gasteiger partial charge in [0.05, 0.1) is 27.5 Å². The summed E-state index contributed by atoms with van der Waals surface area (Å²) in [5.74, 6) is -1.03. The van der Waals surface area contributed by atoms with Crippen molar-refractivity contribution in [2.75, 3.05) is 10.2 Å². The molecule has 0 aliphatic carbocycles. The lowest BCUT2D eigenvalue weighted by Gasteiger charge is -2.19. The molecule has 3 rings (SSSR count). The van der Waals surface area contributed by atoms with Gasteiger partial charge in [0.1, 0.15) is 0 Å². The fourth-order valence-corrected chi connectivity index (χ4v) is 3.04. The monoisotopic (exact) mass is 415 g/mol. The molecule has 28 heavy (non-hydrogen) atoms. The highest BCUT2D eigenvalue weighted by Crippen LogP contribution is 2.32. The number of benzene rings is 2. The van der Waals surface area contributed by atoms with Gasteiger partial charge in [-0.15, -0.1) is 0 Å². The molecule has 2 aromatic rings. The number of rotatable bonds is 2. The van der Waals surface area contributed by atoms with E-state index in [0.717, 1.165) is 4.90 Å². The molecule has 0 saturated heterocycles. The zero-order valence-electron chi connectivity index (χ0n) is 15.5. The Labute approximate surface area is 172 Å². The molecule has 0 saturated carbocycles. The number of imide groups is 1. The molecule has 0 unspecified atom stereocenters. The van der Waals surface area contributed by atoms with Gasteiger partial charge in [-0.1, -0.05) is 44.5 Å². The van der Waals surface area contributed by atoms with Gasteiger partial charge in [-0.25, -0.2) is 4.90 Å². The zero-order valence-corrected chi connectivity index (χ0v) is 17.1. The normalized spacial score (nSPS) is 13.4. The Hall–Kier alpha value is -2.77. The molecule has 8 heteroatoms. The van der Waals surface area contributed by atoms with Crippen molar-refractivity contribution in [1.82, 2.24) is 5.32 Å². The summed E-state index contributed by atoms with van der Waals surface area (Å²) < 4.78 is 0. The molecule has 0 radical (unpaired) electrons. The number of carbonyl (C=O) groups is 3. The van der Waals surface area contributed by atoms with Gasteiger partial charge in [-0.2, -0.15) is 0 Å². The average molecular weight is 416 g/mol. The topological polar surface area (TPSA) is 78.5 Å². The maximum atomic E-state index is 12.6. The van der Waals surface area contributed by atoms with E-state index < -0.39 is 17.2 Å². The van der Waals surface area contributed by atoms with Crippen LogP contribution in [0.3, 0.4) is 0 Å². The first-order valence-corrected chi connectivity index (χ1v) is 9.28. The van der Waals surface area contributed by atoms with Gasteiger partial charge in [-0.3, -0.25) is 14.4 Å². The predicted molar refractivity (Wildman–Crippen MR) is 113 cm³/mol. The Morgan fingerprint density at radius 1 is 1.04 bits per heavy atom. The second-order valence-corrected chi connectivity index (χ2v) is 8.13. The van der Waals surface area contributed by atoms with Crippen molar-refractivity contribution in [3.05, 3.63) is 58.6 Å². The second kappa shape index (κ2) is 7.33. The van der Waals surface area contributed by atoms with E-state index in [9.17, 15) is 14.4 Å². The van der Waals surface area contributed by atoms with E-state index in [0.29, 0.717) is 22.5 Å². The molecular weight excluding hydrogens is 398 g/mol. The van der Waals surface area contributed by atoms with E-state index in [1.54, 1.807) is 57.2 Å². The number of nitrogens with one attached hydrogen (secondary N) is 2. The minimum Gasteiger partial charge on any atom is -0.331 e. The summed E-state index contributed by atoms with van der Waals surface area (Å²) in [6, 6.07) is 11.3. The standard InChI is InChI=1S/C20H18ClN3O3S/c1-20(2,3)18(27)23-19(28)22-15-9-8-11(10-14(15)21)24-16(25)12-6-4-5-7-13(12)17(24)26/h4-10H,1-3H3,(H2,22,23,27,28). The van der Waals surface area contributed by atoms with Crippen molar-refractivity contribution in [3.8, 4) is 0 Å². The molecule has 2 aromatic carbocycles. The van der Waals surface area contributed by atoms with Gasteiger partial charge in [0.15, 0.2) is 5.11 Å². The van der Waals surface area contributed by atoms with Crippen LogP contribution in [0.15, 0.2) is 42.5 Å². The minimum atomic E-state index is -0.592. The van der Waals surface area contributed by atoms with Gasteiger partial charge in [0, 0.05) is 5.41 Å². The van der Waals surface area contributed by atoms with Gasteiger partial charge in [0.25, 0.3) is 11.8 Å². The number of amides is 3. The first kappa shape index (κ1) is 20.0. The predicted octanol–water partition coefficient (Wildman–Crippen LogP) is 4.00. The van der Waals surface area contributed by atoms with Crippen molar-refractivity contribution in [3.63, 3.8) is 0 Å². The zero-order chi connectivity index (χ0) is 20.6. The fourth-order valence-electron chi connectivity index (χ4n) is 2.61. The summed E-state index contributed by atoms with van der Waals surface area (Å²) in [5.41, 5.74) is 0.923. The largest absolute Gasteiger partial charge is 0.331 e. The third-order valence-electron chi connectivity index (χ3n) is 4.16. The van der Waals surface area contributed by atoms with E-state index in [4.69, 9.17) is 23.8 Å². The molecule has 1 aliphatic heterocycles. The van der Waals surface area contributed by atoms with Crippen LogP contribution in [-0.2, 0) is 4.79 Å². The first-order chi connectivity index (χ1) is 13.1. The van der Waals surface area contributed by atoms with Crippen LogP contribution in [0.2, 0.25) is 5.02 Å². The van der Waals surface area contributed by atoms with Crippen molar-refractivity contribution >= 4 is 58.0 Å². The average Bonchev–Trinajstić information content (AvgIpc) is 2.87. The van der Waals surface area contributed by atoms with Crippen LogP contribution in [0.25, 0.3) is 0 Å². The SMILES string of the molecule is CC(C)(C)C(=O)NC(=S)Nc1ccc(N2C(=O)c3ccccc3C2=O)cc1Cl. The summed E-state index contributed by atoms with van der Waals surface area (Å²) in [5, 5.41) is 5.80. The number of carbonyl (C=O) groups excluding carboxylic acids is 3. The number of hydrogen-bond donors (Lipinski definition) is 2. The summed E-state index contributed by atoms with van der Waals surface area (Å²) in [7, 11) is 0. The Balaban J connectivity index is 1.79. The number of anilines is 2. The summed E-state index contributed by atoms with van der Waals surface area (Å²) in [6.45, 7) is 5.32. The smallest absolute Gasteiger partial charge is 0.266 e. The van der Waals surface area contributed by atoms with Gasteiger partial charge >= 0.3 is 0 Å². The van der Waals surface area contributed by atoms with Crippen LogP contribution in [-0.4, -0.2) is 22.8 Å². The van der Waals surface area contributed by atoms with Crippen LogP contribution < -0.4 is 15.5 Å². The molecular formula is C20H18ClN3O3S. The van der Waals surface area contributed by atoms with Crippen LogP contribution >= 0.6 is 23.8 Å². The van der Waals surface area contributed by atoms with Gasteiger partial charge < -0.3 is 10.6 Å². The number of nitrogens with zero attached hydrogens (tertiary/aromatic N) is 1. The number of fused-ring (bicyclic) bond motifs is 1. The first-order valence-electron chi connectivity index (χ1n) is 8.49. The number of thiocarbonyl (C=S) groups is 1. The van der Waals surface area contributed by atoms with Crippen LogP contribution in [0.4, 0.5) is 11.4 Å². The molecule has 6 nitrogen and oxygen atoms in total. The molecule has 0 spiro atoms. The highest BCUT2D eigenvalue weighted by molar-refractivity contribution is 7.80. The van der Waals surface area contributed by atoms with E-state index in [1.807, 2.05) is 0 Å². The lowest BCUT2D eigenvalue weighted by molar-refractivity contribution is -0.126. The lowest BCUT2D eigenvalue weighted by Crippen LogP contribution is -2.41. The maximum Gasteiger partial charge on any atom is 0.266 e. The van der Waals surface area contributed by atoms with E-state index in [-0.39, 0.29) is 16.0 Å². The Morgan fingerprint density at radius 2 is 1.61 bits per heavy atom. The molecule has 2 N–H and O–H groups in total. The van der Waals surface area contributed by atoms with Crippen LogP contribution in [0.1, 0.15) is 41.5 Å². The number of halogens is 1. The van der Waals surface area contributed by atoms with E-state index in [2.05, 4.69) is 10.6 Å². The molecule has 1 aliphatic rings. The third-order valence-corrected chi connectivity index (χ3v) is 4.68. The maximum absolute atomic E-state index is 12.6. The number of hydrogen-bond acceptors (Lipinski definition) is 4. The summed E-state index contributed by atoms with van der Waals surface area (Å²) in [4.78, 5) is 38.2. The van der Waals surface area contributed by atoms with E-state index in [1.165, 1.54) is 6.07 Å². The summed E-state index contributed by atoms with van der Waals surface area (Å²) in [6.07, 6.45) is 0. The quantitative estimate of drug-likeness (QED) is 0.572. The van der Waals surface area contributed by atoms with Crippen LogP contribution in [0.5, 0.6) is 0 Å². The second-order valence-electron chi connectivity index (χ2n) is 7.31. The molecule has 1 heterocycles. The highest BCUT2D eigenvalue weighted by atomic mass is 35.5. The molecule has 0 fully saturated rings. The minimum absolute atomic E-state index is 0.107. The summed E-state index contributed by atoms with van der Waals surface area (Å²) >= 11 is 11.4. The van der Waals surface area contributed by atoms with Crippen molar-refractivity contribution in [2.24, 2.45) is 5.41 Å². The molecule has 0 bridgehead atoms. The Morgan fingerprint density at radius 3 is 2.11 bits per heavy atom. The molecule has 0 atom stereocenters. The molecule has 0 aromatic heterocycles. The highest BCUT2D eigenvalue weighted by Gasteiger charge is 2.36. The third kappa shape index (κ3) is 3.76. The Bertz CT molecular complexity index is 979. The van der Waals surface area contributed by atoms with Gasteiger partial charge in [0.2, 0.25) is 5.91 Å². The Kier molecular flexibility index (Phi) is 5.23. The lowest BCUT2D eigenvalue weighted by atomic mass is 9.96. The van der Waals surface area contributed by atoms with Crippen molar-refractivity contribution in [2.45, 2.75) is 20.8 Å². The molecule has 144 valence electrons.